The molecule has 0 radical (unpaired) electrons. The Morgan fingerprint density at radius 2 is 0.525 bits per heavy atom. The molecule has 2 aromatic carbocycles. The van der Waals surface area contributed by atoms with E-state index >= 15 is 4.79 Å². The molecule has 0 heterocycles. The van der Waals surface area contributed by atoms with E-state index in [1.807, 2.05) is 0 Å². The van der Waals surface area contributed by atoms with E-state index in [4.69, 9.17) is 0 Å². The van der Waals surface area contributed by atoms with Crippen LogP contribution in [0.25, 0.3) is 0 Å². The number of rotatable bonds is 2. The van der Waals surface area contributed by atoms with E-state index < -0.39 is 0 Å². The average molecular weight is 661 g/mol. The van der Waals surface area contributed by atoms with Gasteiger partial charge in [0, 0.05) is 20.1 Å². The van der Waals surface area contributed by atoms with Crippen molar-refractivity contribution >= 4 is 37.6 Å². The lowest BCUT2D eigenvalue weighted by atomic mass is 9.56. The summed E-state index contributed by atoms with van der Waals surface area (Å²) < 4.78 is 2.91. The highest BCUT2D eigenvalue weighted by Gasteiger charge is 2.49. The van der Waals surface area contributed by atoms with Gasteiger partial charge >= 0.3 is 0 Å². The molecule has 0 N–H and O–H groups in total. The third kappa shape index (κ3) is 2.99. The summed E-state index contributed by atoms with van der Waals surface area (Å²) in [6.07, 6.45) is 21.0. The lowest BCUT2D eigenvalue weighted by Crippen LogP contribution is -2.35. The Balaban J connectivity index is 1.31. The standard InChI is InChI=1S/C37H40Br2O/c38-35-29-21-9-1-17(2-10-21)25(29)33(26-18-3-11-22(12-4-18)30(26)35)37(40)34-27-19-5-13-23(14-6-19)31(27)36(39)32-24-15-7-20(8-16-24)28(32)34/h17-24H,1-16H2. The van der Waals surface area contributed by atoms with Gasteiger partial charge in [0.05, 0.1) is 0 Å². The van der Waals surface area contributed by atoms with Crippen molar-refractivity contribution < 1.29 is 4.79 Å². The fraction of sp³-hybridized carbons (Fsp3) is 0.649. The highest BCUT2D eigenvalue weighted by molar-refractivity contribution is 9.11. The van der Waals surface area contributed by atoms with Gasteiger partial charge in [0.1, 0.15) is 0 Å². The number of carbonyl (C=O) groups excluding carboxylic acids is 1. The Kier molecular flexibility index (Phi) is 5.26. The Morgan fingerprint density at radius 3 is 0.725 bits per heavy atom. The predicted molar refractivity (Wildman–Crippen MR) is 168 cm³/mol. The molecule has 4 saturated carbocycles. The van der Waals surface area contributed by atoms with Crippen molar-refractivity contribution in [1.29, 1.82) is 0 Å². The molecule has 0 saturated heterocycles. The molecule has 4 fully saturated rings. The second kappa shape index (κ2) is 8.58. The van der Waals surface area contributed by atoms with Gasteiger partial charge in [0.25, 0.3) is 0 Å². The van der Waals surface area contributed by atoms with Crippen LogP contribution in [0.5, 0.6) is 0 Å². The summed E-state index contributed by atoms with van der Waals surface area (Å²) in [7, 11) is 0. The van der Waals surface area contributed by atoms with Crippen LogP contribution >= 0.6 is 31.9 Å². The Morgan fingerprint density at radius 1 is 0.350 bits per heavy atom. The van der Waals surface area contributed by atoms with E-state index in [1.54, 1.807) is 22.3 Å². The fourth-order valence-electron chi connectivity index (χ4n) is 12.2. The molecule has 12 aliphatic rings. The number of hydrogen-bond donors (Lipinski definition) is 0. The van der Waals surface area contributed by atoms with Gasteiger partial charge in [-0.25, -0.2) is 0 Å². The predicted octanol–water partition coefficient (Wildman–Crippen LogP) is 11.5. The monoisotopic (exact) mass is 658 g/mol. The van der Waals surface area contributed by atoms with E-state index in [1.165, 1.54) is 145 Å². The van der Waals surface area contributed by atoms with Crippen LogP contribution in [-0.2, 0) is 0 Å². The summed E-state index contributed by atoms with van der Waals surface area (Å²) in [4.78, 5) is 15.8. The van der Waals surface area contributed by atoms with Crippen molar-refractivity contribution in [2.75, 3.05) is 0 Å². The molecule has 0 unspecified atom stereocenters. The molecule has 12 aliphatic carbocycles. The molecule has 0 aromatic heterocycles. The number of hydrogen-bond acceptors (Lipinski definition) is 1. The van der Waals surface area contributed by atoms with Gasteiger partial charge < -0.3 is 0 Å². The molecule has 0 amide bonds. The molecule has 0 aliphatic heterocycles. The average Bonchev–Trinajstić information content (AvgIpc) is 3.03. The van der Waals surface area contributed by atoms with Crippen LogP contribution in [0, 0.1) is 0 Å². The van der Waals surface area contributed by atoms with E-state index in [9.17, 15) is 0 Å². The zero-order chi connectivity index (χ0) is 26.4. The molecule has 1 nitrogen and oxygen atoms in total. The zero-order valence-corrected chi connectivity index (χ0v) is 26.8. The van der Waals surface area contributed by atoms with Crippen molar-refractivity contribution in [3.05, 3.63) is 64.6 Å². The van der Waals surface area contributed by atoms with Crippen molar-refractivity contribution in [2.45, 2.75) is 150 Å². The Labute approximate surface area is 255 Å². The van der Waals surface area contributed by atoms with Gasteiger partial charge in [-0.1, -0.05) is 31.9 Å². The lowest BCUT2D eigenvalue weighted by Gasteiger charge is -2.48. The second-order valence-electron chi connectivity index (χ2n) is 15.2. The maximum atomic E-state index is 15.8. The third-order valence-corrected chi connectivity index (χ3v) is 15.5. The minimum Gasteiger partial charge on any atom is -0.289 e. The first kappa shape index (κ1) is 24.5. The SMILES string of the molecule is O=C(c1c2c(c(Br)c3c1C1CCC3CC1)C1CCC2CC1)c1c2c(c(Br)c3c1C1CCC3CC1)C1CCC2CC1. The molecule has 14 rings (SSSR count). The van der Waals surface area contributed by atoms with Crippen LogP contribution in [0.2, 0.25) is 0 Å². The van der Waals surface area contributed by atoms with Crippen LogP contribution in [0.15, 0.2) is 8.95 Å². The van der Waals surface area contributed by atoms with Gasteiger partial charge in [-0.05, 0) is 195 Å². The molecule has 8 bridgehead atoms. The summed E-state index contributed by atoms with van der Waals surface area (Å²) in [5.74, 6) is 5.51. The topological polar surface area (TPSA) is 17.1 Å². The number of carbonyl (C=O) groups is 1. The number of fused-ring (bicyclic) bond motifs is 8. The molecular weight excluding hydrogens is 620 g/mol. The van der Waals surface area contributed by atoms with Crippen molar-refractivity contribution in [1.82, 2.24) is 0 Å². The van der Waals surface area contributed by atoms with Gasteiger partial charge in [-0.15, -0.1) is 0 Å². The third-order valence-electron chi connectivity index (χ3n) is 13.8. The molecule has 0 spiro atoms. The molecule has 3 heteroatoms. The van der Waals surface area contributed by atoms with Crippen LogP contribution in [0.1, 0.15) is 211 Å². The Hall–Kier alpha value is -0.930. The van der Waals surface area contributed by atoms with Crippen molar-refractivity contribution in [3.8, 4) is 0 Å². The molecular formula is C37H40Br2O. The Bertz CT molecular complexity index is 1280. The van der Waals surface area contributed by atoms with Gasteiger partial charge in [0.2, 0.25) is 0 Å². The first-order chi connectivity index (χ1) is 19.6. The van der Waals surface area contributed by atoms with Gasteiger partial charge in [-0.2, -0.15) is 0 Å². The van der Waals surface area contributed by atoms with Gasteiger partial charge in [0.15, 0.2) is 5.78 Å². The maximum Gasteiger partial charge on any atom is 0.194 e. The van der Waals surface area contributed by atoms with Crippen LogP contribution in [0.3, 0.4) is 0 Å². The normalized spacial score (nSPS) is 37.2. The lowest BCUT2D eigenvalue weighted by molar-refractivity contribution is 0.102. The minimum absolute atomic E-state index is 0.500. The molecule has 0 atom stereocenters. The fourth-order valence-corrected chi connectivity index (χ4v) is 14.3. The second-order valence-corrected chi connectivity index (χ2v) is 16.8. The largest absolute Gasteiger partial charge is 0.289 e. The summed E-state index contributed by atoms with van der Waals surface area (Å²) >= 11 is 8.52. The van der Waals surface area contributed by atoms with Crippen LogP contribution in [0.4, 0.5) is 0 Å². The molecule has 2 aromatic rings. The maximum absolute atomic E-state index is 15.8. The number of ketones is 1. The number of halogens is 2. The van der Waals surface area contributed by atoms with Crippen LogP contribution < -0.4 is 0 Å². The van der Waals surface area contributed by atoms with E-state index in [2.05, 4.69) is 31.9 Å². The first-order valence-electron chi connectivity index (χ1n) is 16.9. The van der Waals surface area contributed by atoms with Gasteiger partial charge in [-0.3, -0.25) is 4.79 Å². The van der Waals surface area contributed by atoms with E-state index in [0.717, 1.165) is 0 Å². The quantitative estimate of drug-likeness (QED) is 0.293. The summed E-state index contributed by atoms with van der Waals surface area (Å²) in [5.41, 5.74) is 15.1. The highest BCUT2D eigenvalue weighted by atomic mass is 79.9. The molecule has 40 heavy (non-hydrogen) atoms. The highest BCUT2D eigenvalue weighted by Crippen LogP contribution is 2.64. The van der Waals surface area contributed by atoms with Crippen LogP contribution in [-0.4, -0.2) is 5.78 Å². The summed E-state index contributed by atoms with van der Waals surface area (Å²) in [6, 6.07) is 0. The van der Waals surface area contributed by atoms with Crippen molar-refractivity contribution in [2.24, 2.45) is 0 Å². The summed E-state index contributed by atoms with van der Waals surface area (Å²) in [5, 5.41) is 0. The number of benzene rings is 2. The smallest absolute Gasteiger partial charge is 0.194 e. The zero-order valence-electron chi connectivity index (χ0n) is 23.6. The van der Waals surface area contributed by atoms with E-state index in [-0.39, 0.29) is 0 Å². The van der Waals surface area contributed by atoms with E-state index in [0.29, 0.717) is 53.1 Å². The first-order valence-corrected chi connectivity index (χ1v) is 18.5. The summed E-state index contributed by atoms with van der Waals surface area (Å²) in [6.45, 7) is 0. The van der Waals surface area contributed by atoms with Crippen molar-refractivity contribution in [3.63, 3.8) is 0 Å². The molecule has 208 valence electrons. The minimum atomic E-state index is 0.500.